The van der Waals surface area contributed by atoms with Gasteiger partial charge < -0.3 is 44.6 Å². The molecule has 0 aliphatic heterocycles. The second kappa shape index (κ2) is 33.5. The van der Waals surface area contributed by atoms with Crippen LogP contribution < -0.4 is 0 Å². The van der Waals surface area contributed by atoms with E-state index < -0.39 is 83.5 Å². The largest absolute Gasteiger partial charge is 0.472 e. The maximum atomic E-state index is 12.9. The molecule has 1 fully saturated rings. The predicted octanol–water partition coefficient (Wildman–Crippen LogP) is 7.84. The molecule has 18 heteroatoms. The van der Waals surface area contributed by atoms with Gasteiger partial charge in [0.1, 0.15) is 43.2 Å². The Balaban J connectivity index is 2.61. The molecular formula is C41H80O16P2. The van der Waals surface area contributed by atoms with Gasteiger partial charge in [0.15, 0.2) is 6.10 Å². The van der Waals surface area contributed by atoms with Gasteiger partial charge in [0.05, 0.1) is 6.61 Å². The Hall–Kier alpha value is -1.00. The molecule has 0 spiro atoms. The lowest BCUT2D eigenvalue weighted by atomic mass is 9.85. The number of hydrogen-bond acceptors (Lipinski definition) is 13. The van der Waals surface area contributed by atoms with Crippen LogP contribution >= 0.6 is 15.6 Å². The predicted molar refractivity (Wildman–Crippen MR) is 223 cm³/mol. The fourth-order valence-electron chi connectivity index (χ4n) is 7.14. The van der Waals surface area contributed by atoms with Crippen LogP contribution in [0.5, 0.6) is 0 Å². The molecule has 0 radical (unpaired) electrons. The zero-order valence-electron chi connectivity index (χ0n) is 36.0. The average molecular weight is 891 g/mol. The van der Waals surface area contributed by atoms with Crippen molar-refractivity contribution < 1.29 is 76.9 Å². The first-order chi connectivity index (χ1) is 28.1. The van der Waals surface area contributed by atoms with Crippen molar-refractivity contribution in [2.24, 2.45) is 0 Å². The standard InChI is InChI=1S/C41H80O16P2/c1-3-5-7-9-11-13-15-17-19-21-23-25-27-29-34(42)53-31-33(55-35(43)30-28-26-24-22-20-18-16-14-12-10-8-6-4-2)32-54-59(51,52)57-41-38(46)36(44)37(45)40(39(41)47)56-58(48,49)50/h33,36-41,44-47H,3-32H2,1-2H3,(H,51,52)(H2,48,49,50)/t33-,36-,37-,38-,39-,40+,41-/m1/s1. The number of aliphatic hydroxyl groups is 4. The van der Waals surface area contributed by atoms with E-state index in [-0.39, 0.29) is 12.8 Å². The van der Waals surface area contributed by atoms with Crippen molar-refractivity contribution >= 4 is 27.6 Å². The highest BCUT2D eigenvalue weighted by Crippen LogP contribution is 2.49. The second-order valence-corrected chi connectivity index (χ2v) is 18.7. The lowest BCUT2D eigenvalue weighted by Crippen LogP contribution is -2.64. The third-order valence-corrected chi connectivity index (χ3v) is 12.2. The Morgan fingerprint density at radius 1 is 0.475 bits per heavy atom. The SMILES string of the molecule is CCCCCCCCCCCCCCCC(=O)OC[C@H](COP(=O)(O)O[C@H]1[C@H](O)[C@@H](OP(=O)(O)O)[C@H](O)[C@@H](O)[C@H]1O)OC(=O)CCCCCCCCCCCCCCC. The Morgan fingerprint density at radius 3 is 1.22 bits per heavy atom. The van der Waals surface area contributed by atoms with Gasteiger partial charge in [-0.1, -0.05) is 168 Å². The van der Waals surface area contributed by atoms with Crippen LogP contribution in [0, 0.1) is 0 Å². The molecule has 1 unspecified atom stereocenters. The highest BCUT2D eigenvalue weighted by Gasteiger charge is 2.54. The minimum absolute atomic E-state index is 0.0517. The maximum absolute atomic E-state index is 12.9. The third kappa shape index (κ3) is 28.3. The summed E-state index contributed by atoms with van der Waals surface area (Å²) in [5.74, 6) is -1.19. The summed E-state index contributed by atoms with van der Waals surface area (Å²) < 4.78 is 49.3. The molecule has 1 aliphatic carbocycles. The van der Waals surface area contributed by atoms with Crippen LogP contribution in [0.1, 0.15) is 194 Å². The zero-order chi connectivity index (χ0) is 43.9. The topological polar surface area (TPSA) is 256 Å². The summed E-state index contributed by atoms with van der Waals surface area (Å²) in [5, 5.41) is 41.1. The zero-order valence-corrected chi connectivity index (χ0v) is 37.7. The van der Waals surface area contributed by atoms with Crippen molar-refractivity contribution in [3.05, 3.63) is 0 Å². The minimum atomic E-state index is -5.35. The van der Waals surface area contributed by atoms with E-state index in [1.807, 2.05) is 0 Å². The Labute approximate surface area is 353 Å². The molecule has 1 aliphatic rings. The molecule has 350 valence electrons. The maximum Gasteiger partial charge on any atom is 0.472 e. The van der Waals surface area contributed by atoms with Crippen molar-refractivity contribution in [2.75, 3.05) is 13.2 Å². The highest BCUT2D eigenvalue weighted by atomic mass is 31.2. The number of carbonyl (C=O) groups excluding carboxylic acids is 2. The number of unbranched alkanes of at least 4 members (excludes halogenated alkanes) is 24. The minimum Gasteiger partial charge on any atom is -0.462 e. The van der Waals surface area contributed by atoms with E-state index >= 15 is 0 Å². The molecule has 59 heavy (non-hydrogen) atoms. The summed E-state index contributed by atoms with van der Waals surface area (Å²) in [4.78, 5) is 54.1. The van der Waals surface area contributed by atoms with Crippen molar-refractivity contribution in [3.63, 3.8) is 0 Å². The van der Waals surface area contributed by atoms with Gasteiger partial charge >= 0.3 is 27.6 Å². The first-order valence-corrected chi connectivity index (χ1v) is 25.6. The van der Waals surface area contributed by atoms with E-state index in [4.69, 9.17) is 28.3 Å². The number of phosphoric ester groups is 2. The van der Waals surface area contributed by atoms with Crippen LogP contribution in [0.15, 0.2) is 0 Å². The van der Waals surface area contributed by atoms with Gasteiger partial charge in [-0.3, -0.25) is 23.2 Å². The van der Waals surface area contributed by atoms with Crippen LogP contribution in [0.4, 0.5) is 0 Å². The van der Waals surface area contributed by atoms with E-state index in [0.29, 0.717) is 12.8 Å². The number of esters is 2. The molecule has 0 saturated heterocycles. The van der Waals surface area contributed by atoms with Crippen LogP contribution in [0.25, 0.3) is 0 Å². The highest BCUT2D eigenvalue weighted by molar-refractivity contribution is 7.47. The molecule has 0 heterocycles. The normalized spacial score (nSPS) is 22.5. The van der Waals surface area contributed by atoms with Gasteiger partial charge in [0.25, 0.3) is 0 Å². The fourth-order valence-corrected chi connectivity index (χ4v) is 8.68. The van der Waals surface area contributed by atoms with Gasteiger partial charge in [0, 0.05) is 12.8 Å². The van der Waals surface area contributed by atoms with Crippen molar-refractivity contribution in [1.29, 1.82) is 0 Å². The van der Waals surface area contributed by atoms with Crippen LogP contribution in [-0.4, -0.2) is 103 Å². The molecule has 1 rings (SSSR count). The van der Waals surface area contributed by atoms with Crippen LogP contribution in [-0.2, 0) is 41.8 Å². The molecule has 0 aromatic heterocycles. The van der Waals surface area contributed by atoms with Crippen molar-refractivity contribution in [3.8, 4) is 0 Å². The van der Waals surface area contributed by atoms with Gasteiger partial charge in [-0.05, 0) is 12.8 Å². The first-order valence-electron chi connectivity index (χ1n) is 22.6. The summed E-state index contributed by atoms with van der Waals surface area (Å²) in [6.45, 7) is 3.11. The molecule has 0 aromatic carbocycles. The van der Waals surface area contributed by atoms with E-state index in [1.54, 1.807) is 0 Å². The van der Waals surface area contributed by atoms with Gasteiger partial charge in [-0.2, -0.15) is 0 Å². The van der Waals surface area contributed by atoms with Gasteiger partial charge in [0.2, 0.25) is 0 Å². The number of aliphatic hydroxyl groups excluding tert-OH is 4. The van der Waals surface area contributed by atoms with E-state index in [1.165, 1.54) is 103 Å². The monoisotopic (exact) mass is 890 g/mol. The Bertz CT molecular complexity index is 1170. The average Bonchev–Trinajstić information content (AvgIpc) is 3.18. The van der Waals surface area contributed by atoms with Gasteiger partial charge in [-0.25, -0.2) is 9.13 Å². The molecule has 1 saturated carbocycles. The summed E-state index contributed by atoms with van der Waals surface area (Å²) in [5.41, 5.74) is 0. The van der Waals surface area contributed by atoms with Crippen LogP contribution in [0.3, 0.4) is 0 Å². The fraction of sp³-hybridized carbons (Fsp3) is 0.951. The van der Waals surface area contributed by atoms with Crippen molar-refractivity contribution in [2.45, 2.75) is 236 Å². The lowest BCUT2D eigenvalue weighted by Gasteiger charge is -2.43. The molecule has 0 aromatic rings. The lowest BCUT2D eigenvalue weighted by molar-refractivity contribution is -0.216. The number of ether oxygens (including phenoxy) is 2. The van der Waals surface area contributed by atoms with E-state index in [2.05, 4.69) is 18.4 Å². The van der Waals surface area contributed by atoms with E-state index in [0.717, 1.165) is 51.4 Å². The summed E-state index contributed by atoms with van der Waals surface area (Å²) >= 11 is 0. The second-order valence-electron chi connectivity index (χ2n) is 16.1. The number of hydrogen-bond donors (Lipinski definition) is 7. The molecule has 16 nitrogen and oxygen atoms in total. The van der Waals surface area contributed by atoms with Crippen LogP contribution in [0.2, 0.25) is 0 Å². The summed E-state index contributed by atoms with van der Waals surface area (Å²) in [6, 6.07) is 0. The molecule has 7 N–H and O–H groups in total. The van der Waals surface area contributed by atoms with Crippen molar-refractivity contribution in [1.82, 2.24) is 0 Å². The summed E-state index contributed by atoms with van der Waals surface area (Å²) in [6.07, 6.45) is 15.0. The number of rotatable bonds is 38. The molecule has 0 amide bonds. The number of phosphoric acid groups is 2. The first kappa shape index (κ1) is 56.0. The number of carbonyl (C=O) groups is 2. The summed E-state index contributed by atoms with van der Waals surface area (Å²) in [7, 11) is -10.6. The Morgan fingerprint density at radius 2 is 0.831 bits per heavy atom. The third-order valence-electron chi connectivity index (χ3n) is 10.7. The molecular weight excluding hydrogens is 810 g/mol. The van der Waals surface area contributed by atoms with Gasteiger partial charge in [-0.15, -0.1) is 0 Å². The van der Waals surface area contributed by atoms with E-state index in [9.17, 15) is 44.0 Å². The molecule has 0 bridgehead atoms. The smallest absolute Gasteiger partial charge is 0.462 e. The molecule has 8 atom stereocenters. The Kier molecular flexibility index (Phi) is 31.8. The quantitative estimate of drug-likeness (QED) is 0.0177.